The molecule has 0 aliphatic carbocycles. The maximum atomic E-state index is 9.65. The van der Waals surface area contributed by atoms with Crippen molar-refractivity contribution >= 4 is 15.9 Å². The van der Waals surface area contributed by atoms with Crippen LogP contribution in [0, 0.1) is 0 Å². The normalized spacial score (nSPS) is 10.5. The summed E-state index contributed by atoms with van der Waals surface area (Å²) in [4.78, 5) is 0. The number of ether oxygens (including phenoxy) is 2. The molecule has 1 rings (SSSR count). The van der Waals surface area contributed by atoms with E-state index in [4.69, 9.17) is 9.47 Å². The second-order valence-corrected chi connectivity index (χ2v) is 4.36. The van der Waals surface area contributed by atoms with Crippen LogP contribution in [0.4, 0.5) is 0 Å². The minimum Gasteiger partial charge on any atom is -0.503 e. The fraction of sp³-hybridized carbons (Fsp3) is 0.500. The molecule has 0 aliphatic heterocycles. The van der Waals surface area contributed by atoms with Gasteiger partial charge in [-0.2, -0.15) is 0 Å². The molecule has 0 bridgehead atoms. The molecule has 0 aliphatic rings. The van der Waals surface area contributed by atoms with Gasteiger partial charge in [0, 0.05) is 19.7 Å². The van der Waals surface area contributed by atoms with Crippen LogP contribution in [0.2, 0.25) is 0 Å². The van der Waals surface area contributed by atoms with Gasteiger partial charge in [-0.25, -0.2) is 0 Å². The van der Waals surface area contributed by atoms with Crippen LogP contribution < -0.4 is 10.1 Å². The summed E-state index contributed by atoms with van der Waals surface area (Å²) in [6.07, 6.45) is 0. The molecule has 2 N–H and O–H groups in total. The highest BCUT2D eigenvalue weighted by Gasteiger charge is 2.08. The average Bonchev–Trinajstić information content (AvgIpc) is 2.33. The molecule has 0 saturated heterocycles. The third-order valence-corrected chi connectivity index (χ3v) is 2.87. The number of hydrogen-bond acceptors (Lipinski definition) is 4. The lowest BCUT2D eigenvalue weighted by Gasteiger charge is -2.10. The van der Waals surface area contributed by atoms with Crippen molar-refractivity contribution in [3.05, 3.63) is 22.2 Å². The lowest BCUT2D eigenvalue weighted by Crippen LogP contribution is -2.19. The monoisotopic (exact) mass is 303 g/mol. The zero-order chi connectivity index (χ0) is 12.7. The Morgan fingerprint density at radius 3 is 2.82 bits per heavy atom. The number of halogens is 1. The number of aromatic hydroxyl groups is 1. The molecular weight excluding hydrogens is 286 g/mol. The van der Waals surface area contributed by atoms with Crippen LogP contribution in [-0.4, -0.2) is 32.0 Å². The van der Waals surface area contributed by atoms with Crippen molar-refractivity contribution in [2.45, 2.75) is 13.5 Å². The summed E-state index contributed by atoms with van der Waals surface area (Å²) < 4.78 is 10.9. The van der Waals surface area contributed by atoms with Gasteiger partial charge in [0.05, 0.1) is 18.2 Å². The van der Waals surface area contributed by atoms with Crippen LogP contribution in [0.5, 0.6) is 11.5 Å². The number of phenolic OH excluding ortho intramolecular Hbond substituents is 1. The minimum absolute atomic E-state index is 0.130. The second-order valence-electron chi connectivity index (χ2n) is 3.50. The molecule has 17 heavy (non-hydrogen) atoms. The molecular formula is C12H18BrNO3. The highest BCUT2D eigenvalue weighted by Crippen LogP contribution is 2.35. The molecule has 0 radical (unpaired) electrons. The van der Waals surface area contributed by atoms with E-state index in [2.05, 4.69) is 21.2 Å². The Bertz CT molecular complexity index is 358. The zero-order valence-electron chi connectivity index (χ0n) is 10.1. The van der Waals surface area contributed by atoms with Crippen molar-refractivity contribution in [3.8, 4) is 11.5 Å². The van der Waals surface area contributed by atoms with Crippen molar-refractivity contribution in [1.82, 2.24) is 5.32 Å². The fourth-order valence-electron chi connectivity index (χ4n) is 1.41. The number of methoxy groups -OCH3 is 1. The van der Waals surface area contributed by atoms with Crippen LogP contribution in [-0.2, 0) is 11.3 Å². The molecule has 0 unspecified atom stereocenters. The van der Waals surface area contributed by atoms with E-state index in [1.807, 2.05) is 19.1 Å². The van der Waals surface area contributed by atoms with E-state index in [9.17, 15) is 5.11 Å². The maximum absolute atomic E-state index is 9.65. The van der Waals surface area contributed by atoms with Crippen LogP contribution >= 0.6 is 15.9 Å². The first-order chi connectivity index (χ1) is 8.19. The Morgan fingerprint density at radius 1 is 1.41 bits per heavy atom. The summed E-state index contributed by atoms with van der Waals surface area (Å²) in [7, 11) is 1.54. The molecule has 0 aromatic heterocycles. The van der Waals surface area contributed by atoms with Crippen molar-refractivity contribution in [2.75, 3.05) is 26.9 Å². The van der Waals surface area contributed by atoms with Crippen LogP contribution in [0.1, 0.15) is 12.5 Å². The fourth-order valence-corrected chi connectivity index (χ4v) is 1.90. The Balaban J connectivity index is 2.51. The molecule has 4 nitrogen and oxygen atoms in total. The third-order valence-electron chi connectivity index (χ3n) is 2.26. The van der Waals surface area contributed by atoms with Crippen molar-refractivity contribution in [1.29, 1.82) is 0 Å². The Morgan fingerprint density at radius 2 is 2.18 bits per heavy atom. The van der Waals surface area contributed by atoms with Crippen molar-refractivity contribution < 1.29 is 14.6 Å². The van der Waals surface area contributed by atoms with Gasteiger partial charge in [-0.1, -0.05) is 0 Å². The standard InChI is InChI=1S/C12H18BrNO3/c1-3-17-5-4-14-8-9-6-10(13)12(15)11(7-9)16-2/h6-7,14-15H,3-5,8H2,1-2H3. The molecule has 0 spiro atoms. The molecule has 96 valence electrons. The van der Waals surface area contributed by atoms with Gasteiger partial charge in [0.2, 0.25) is 0 Å². The van der Waals surface area contributed by atoms with E-state index < -0.39 is 0 Å². The van der Waals surface area contributed by atoms with E-state index in [1.165, 1.54) is 7.11 Å². The molecule has 0 saturated carbocycles. The van der Waals surface area contributed by atoms with E-state index in [1.54, 1.807) is 0 Å². The molecule has 5 heteroatoms. The van der Waals surface area contributed by atoms with Gasteiger partial charge in [0.1, 0.15) is 0 Å². The zero-order valence-corrected chi connectivity index (χ0v) is 11.7. The summed E-state index contributed by atoms with van der Waals surface area (Å²) in [5.41, 5.74) is 1.04. The molecule has 0 fully saturated rings. The van der Waals surface area contributed by atoms with Gasteiger partial charge in [-0.3, -0.25) is 0 Å². The van der Waals surface area contributed by atoms with Crippen molar-refractivity contribution in [3.63, 3.8) is 0 Å². The van der Waals surface area contributed by atoms with Crippen LogP contribution in [0.25, 0.3) is 0 Å². The van der Waals surface area contributed by atoms with Gasteiger partial charge in [-0.05, 0) is 40.5 Å². The smallest absolute Gasteiger partial charge is 0.172 e. The quantitative estimate of drug-likeness (QED) is 0.759. The first-order valence-electron chi connectivity index (χ1n) is 5.52. The van der Waals surface area contributed by atoms with Gasteiger partial charge in [-0.15, -0.1) is 0 Å². The van der Waals surface area contributed by atoms with Crippen LogP contribution in [0.15, 0.2) is 16.6 Å². The highest BCUT2D eigenvalue weighted by atomic mass is 79.9. The predicted molar refractivity (Wildman–Crippen MR) is 70.6 cm³/mol. The van der Waals surface area contributed by atoms with E-state index in [0.717, 1.165) is 18.7 Å². The predicted octanol–water partition coefficient (Wildman–Crippen LogP) is 2.29. The number of rotatable bonds is 7. The molecule has 0 atom stereocenters. The summed E-state index contributed by atoms with van der Waals surface area (Å²) in [5.74, 6) is 0.603. The number of benzene rings is 1. The van der Waals surface area contributed by atoms with Gasteiger partial charge in [0.15, 0.2) is 11.5 Å². The summed E-state index contributed by atoms with van der Waals surface area (Å²) in [5, 5.41) is 12.9. The van der Waals surface area contributed by atoms with E-state index >= 15 is 0 Å². The lowest BCUT2D eigenvalue weighted by molar-refractivity contribution is 0.149. The first-order valence-corrected chi connectivity index (χ1v) is 6.32. The van der Waals surface area contributed by atoms with E-state index in [0.29, 0.717) is 23.4 Å². The SMILES string of the molecule is CCOCCNCc1cc(Br)c(O)c(OC)c1. The topological polar surface area (TPSA) is 50.7 Å². The summed E-state index contributed by atoms with van der Waals surface area (Å²) >= 11 is 3.29. The van der Waals surface area contributed by atoms with Gasteiger partial charge < -0.3 is 19.9 Å². The lowest BCUT2D eigenvalue weighted by atomic mass is 10.2. The third kappa shape index (κ3) is 4.53. The van der Waals surface area contributed by atoms with Crippen LogP contribution in [0.3, 0.4) is 0 Å². The summed E-state index contributed by atoms with van der Waals surface area (Å²) in [6.45, 7) is 4.92. The number of nitrogens with one attached hydrogen (secondary N) is 1. The highest BCUT2D eigenvalue weighted by molar-refractivity contribution is 9.10. The average molecular weight is 304 g/mol. The van der Waals surface area contributed by atoms with Crippen molar-refractivity contribution in [2.24, 2.45) is 0 Å². The largest absolute Gasteiger partial charge is 0.503 e. The number of hydrogen-bond donors (Lipinski definition) is 2. The molecule has 1 aromatic rings. The van der Waals surface area contributed by atoms with Gasteiger partial charge in [0.25, 0.3) is 0 Å². The summed E-state index contributed by atoms with van der Waals surface area (Å²) in [6, 6.07) is 3.68. The molecule has 0 heterocycles. The second kappa shape index (κ2) is 7.53. The Kier molecular flexibility index (Phi) is 6.32. The Labute approximate surface area is 110 Å². The maximum Gasteiger partial charge on any atom is 0.172 e. The van der Waals surface area contributed by atoms with E-state index in [-0.39, 0.29) is 5.75 Å². The minimum atomic E-state index is 0.130. The number of phenols is 1. The molecule has 1 aromatic carbocycles. The first kappa shape index (κ1) is 14.3. The Hall–Kier alpha value is -0.780. The molecule has 0 amide bonds. The van der Waals surface area contributed by atoms with Gasteiger partial charge >= 0.3 is 0 Å².